The molecule has 0 aliphatic heterocycles. The van der Waals surface area contributed by atoms with E-state index in [1.165, 1.54) is 0 Å². The molecule has 0 unspecified atom stereocenters. The third-order valence-corrected chi connectivity index (χ3v) is 3.15. The lowest BCUT2D eigenvalue weighted by Gasteiger charge is -2.08. The molecule has 10 heteroatoms. The van der Waals surface area contributed by atoms with E-state index in [4.69, 9.17) is 0 Å². The van der Waals surface area contributed by atoms with E-state index in [1.54, 1.807) is 19.4 Å². The summed E-state index contributed by atoms with van der Waals surface area (Å²) in [6, 6.07) is 8.30. The highest BCUT2D eigenvalue weighted by molar-refractivity contribution is 7.97. The number of benzene rings is 1. The van der Waals surface area contributed by atoms with Gasteiger partial charge in [0, 0.05) is 18.1 Å². The van der Waals surface area contributed by atoms with Crippen LogP contribution in [0.5, 0.6) is 0 Å². The van der Waals surface area contributed by atoms with Crippen LogP contribution in [0.2, 0.25) is 0 Å². The average molecular weight is 354 g/mol. The molecule has 1 aromatic carbocycles. The second-order valence-corrected chi connectivity index (χ2v) is 5.24. The Balaban J connectivity index is 2.95. The number of carbonyl (C=O) groups is 2. The van der Waals surface area contributed by atoms with Crippen LogP contribution in [0.15, 0.2) is 40.5 Å². The number of amides is 4. The van der Waals surface area contributed by atoms with E-state index >= 15 is 0 Å². The van der Waals surface area contributed by atoms with Crippen molar-refractivity contribution < 1.29 is 9.59 Å². The number of hydrogen-bond acceptors (Lipinski definition) is 6. The van der Waals surface area contributed by atoms with Gasteiger partial charge in [-0.2, -0.15) is 10.2 Å². The Morgan fingerprint density at radius 3 is 1.96 bits per heavy atom. The third-order valence-electron chi connectivity index (χ3n) is 2.37. The van der Waals surface area contributed by atoms with Gasteiger partial charge >= 0.3 is 12.1 Å². The number of nitrogens with one attached hydrogen (secondary N) is 4. The first-order valence-electron chi connectivity index (χ1n) is 6.44. The molecule has 1 rings (SSSR count). The first-order chi connectivity index (χ1) is 11.1. The van der Waals surface area contributed by atoms with Gasteiger partial charge in [-0.15, -0.1) is 0 Å². The minimum atomic E-state index is -0.452. The van der Waals surface area contributed by atoms with Crippen LogP contribution in [0.1, 0.15) is 12.5 Å². The molecule has 0 atom stereocenters. The zero-order valence-corrected chi connectivity index (χ0v) is 14.5. The summed E-state index contributed by atoms with van der Waals surface area (Å²) in [5.74, 6) is 0. The summed E-state index contributed by atoms with van der Waals surface area (Å²) in [5.41, 5.74) is 6.36. The minimum Gasteiger partial charge on any atom is -0.281 e. The van der Waals surface area contributed by atoms with Crippen molar-refractivity contribution in [3.63, 3.8) is 0 Å². The molecule has 0 fully saturated rings. The summed E-state index contributed by atoms with van der Waals surface area (Å²) < 4.78 is 4.98. The van der Waals surface area contributed by atoms with Gasteiger partial charge in [0.1, 0.15) is 5.71 Å². The fourth-order valence-electron chi connectivity index (χ4n) is 1.48. The van der Waals surface area contributed by atoms with Crippen molar-refractivity contribution in [3.8, 4) is 0 Å². The quantitative estimate of drug-likeness (QED) is 0.356. The number of urea groups is 2. The molecule has 0 saturated heterocycles. The van der Waals surface area contributed by atoms with Crippen molar-refractivity contribution in [2.24, 2.45) is 10.2 Å². The molecule has 0 saturated carbocycles. The van der Waals surface area contributed by atoms with E-state index in [2.05, 4.69) is 30.5 Å². The van der Waals surface area contributed by atoms with Crippen molar-refractivity contribution in [1.29, 1.82) is 0 Å². The molecule has 23 heavy (non-hydrogen) atoms. The Bertz CT molecular complexity index is 591. The lowest BCUT2D eigenvalue weighted by Crippen LogP contribution is -2.31. The fourth-order valence-corrected chi connectivity index (χ4v) is 1.94. The van der Waals surface area contributed by atoms with E-state index in [9.17, 15) is 9.59 Å². The zero-order chi connectivity index (χ0) is 17.1. The Morgan fingerprint density at radius 1 is 0.913 bits per heavy atom. The van der Waals surface area contributed by atoms with E-state index < -0.39 is 12.1 Å². The van der Waals surface area contributed by atoms with Crippen LogP contribution in [0.25, 0.3) is 0 Å². The van der Waals surface area contributed by atoms with Gasteiger partial charge < -0.3 is 0 Å². The second-order valence-electron chi connectivity index (χ2n) is 4.02. The molecular formula is C13H18N6O2S2. The highest BCUT2D eigenvalue weighted by Gasteiger charge is 2.09. The average Bonchev–Trinajstić information content (AvgIpc) is 2.54. The Hall–Kier alpha value is -2.20. The molecule has 0 aliphatic carbocycles. The molecule has 0 spiro atoms. The number of carbonyl (C=O) groups excluding carboxylic acids is 2. The third kappa shape index (κ3) is 7.06. The van der Waals surface area contributed by atoms with Crippen LogP contribution >= 0.6 is 23.9 Å². The van der Waals surface area contributed by atoms with Gasteiger partial charge in [-0.1, -0.05) is 54.2 Å². The summed E-state index contributed by atoms with van der Waals surface area (Å²) >= 11 is 2.31. The highest BCUT2D eigenvalue weighted by atomic mass is 32.2. The standard InChI is InChI=1S/C13H18N6O2S2/c1-9(14-16-12(20)18-22-2)11(10-7-5-4-6-8-10)15-17-13(21)19-23-3/h4-8H,1-3H3,(H2,16,18,20)(H2,17,19,21)/b14-9-,15-11+. The largest absolute Gasteiger partial charge is 0.345 e. The molecule has 124 valence electrons. The second kappa shape index (κ2) is 10.5. The van der Waals surface area contributed by atoms with Crippen LogP contribution in [-0.4, -0.2) is 36.0 Å². The molecule has 0 aromatic heterocycles. The van der Waals surface area contributed by atoms with Crippen LogP contribution in [0.3, 0.4) is 0 Å². The summed E-state index contributed by atoms with van der Waals surface area (Å²) in [7, 11) is 0. The molecule has 1 aromatic rings. The van der Waals surface area contributed by atoms with Crippen LogP contribution in [0.4, 0.5) is 9.59 Å². The van der Waals surface area contributed by atoms with Gasteiger partial charge in [0.15, 0.2) is 0 Å². The summed E-state index contributed by atoms with van der Waals surface area (Å²) in [4.78, 5) is 22.9. The van der Waals surface area contributed by atoms with E-state index in [-0.39, 0.29) is 0 Å². The lowest BCUT2D eigenvalue weighted by atomic mass is 10.1. The molecule has 4 N–H and O–H groups in total. The van der Waals surface area contributed by atoms with Crippen LogP contribution in [-0.2, 0) is 0 Å². The monoisotopic (exact) mass is 354 g/mol. The van der Waals surface area contributed by atoms with Crippen molar-refractivity contribution in [2.45, 2.75) is 6.92 Å². The minimum absolute atomic E-state index is 0.436. The zero-order valence-electron chi connectivity index (χ0n) is 12.9. The number of rotatable bonds is 6. The Labute approximate surface area is 143 Å². The maximum absolute atomic E-state index is 11.5. The number of hydrazone groups is 2. The van der Waals surface area contributed by atoms with E-state index in [0.717, 1.165) is 29.5 Å². The molecule has 4 amide bonds. The van der Waals surface area contributed by atoms with Crippen molar-refractivity contribution >= 4 is 47.4 Å². The Morgan fingerprint density at radius 2 is 1.43 bits per heavy atom. The predicted octanol–water partition coefficient (Wildman–Crippen LogP) is 1.92. The first kappa shape index (κ1) is 18.8. The van der Waals surface area contributed by atoms with Crippen LogP contribution in [0, 0.1) is 0 Å². The first-order valence-corrected chi connectivity index (χ1v) is 8.89. The summed E-state index contributed by atoms with van der Waals surface area (Å²) in [6.45, 7) is 1.68. The van der Waals surface area contributed by atoms with Crippen molar-refractivity contribution in [1.82, 2.24) is 20.3 Å². The van der Waals surface area contributed by atoms with Crippen molar-refractivity contribution in [3.05, 3.63) is 35.9 Å². The van der Waals surface area contributed by atoms with Gasteiger partial charge in [0.25, 0.3) is 0 Å². The summed E-state index contributed by atoms with van der Waals surface area (Å²) in [5, 5.41) is 8.05. The van der Waals surface area contributed by atoms with Gasteiger partial charge in [-0.3, -0.25) is 9.44 Å². The van der Waals surface area contributed by atoms with E-state index in [0.29, 0.717) is 11.4 Å². The molecule has 0 bridgehead atoms. The molecule has 8 nitrogen and oxygen atoms in total. The SMILES string of the molecule is CSNC(=O)N/N=C(C)\C(=N/NC(=O)NSC)c1ccccc1. The topological polar surface area (TPSA) is 107 Å². The predicted molar refractivity (Wildman–Crippen MR) is 96.5 cm³/mol. The van der Waals surface area contributed by atoms with Crippen LogP contribution < -0.4 is 20.3 Å². The maximum Gasteiger partial charge on any atom is 0.345 e. The fraction of sp³-hybridized carbons (Fsp3) is 0.231. The smallest absolute Gasteiger partial charge is 0.281 e. The normalized spacial score (nSPS) is 11.6. The van der Waals surface area contributed by atoms with Gasteiger partial charge in [0.2, 0.25) is 0 Å². The Kier molecular flexibility index (Phi) is 8.62. The molecule has 0 aliphatic rings. The molecular weight excluding hydrogens is 336 g/mol. The molecule has 0 radical (unpaired) electrons. The van der Waals surface area contributed by atoms with E-state index in [1.807, 2.05) is 30.3 Å². The van der Waals surface area contributed by atoms with Gasteiger partial charge in [-0.05, 0) is 6.92 Å². The number of hydrogen-bond donors (Lipinski definition) is 4. The lowest BCUT2D eigenvalue weighted by molar-refractivity contribution is 0.246. The van der Waals surface area contributed by atoms with Gasteiger partial charge in [-0.25, -0.2) is 20.4 Å². The highest BCUT2D eigenvalue weighted by Crippen LogP contribution is 2.03. The maximum atomic E-state index is 11.5. The van der Waals surface area contributed by atoms with Gasteiger partial charge in [0.05, 0.1) is 5.71 Å². The molecule has 0 heterocycles. The van der Waals surface area contributed by atoms with Crippen molar-refractivity contribution in [2.75, 3.05) is 12.5 Å². The number of nitrogens with zero attached hydrogens (tertiary/aromatic N) is 2. The summed E-state index contributed by atoms with van der Waals surface area (Å²) in [6.07, 6.45) is 3.45.